The number of hydrogen-bond donors (Lipinski definition) is 3. The normalized spacial score (nSPS) is 21.0. The number of nitrogens with zero attached hydrogens (tertiary/aromatic N) is 2. The second-order valence-electron chi connectivity index (χ2n) is 6.86. The topological polar surface area (TPSA) is 113 Å². The van der Waals surface area contributed by atoms with Crippen molar-refractivity contribution in [2.24, 2.45) is 10.7 Å². The lowest BCUT2D eigenvalue weighted by molar-refractivity contribution is 0.386. The maximum atomic E-state index is 12.3. The average Bonchev–Trinajstić information content (AvgIpc) is 2.58. The molecule has 1 aliphatic rings. The van der Waals surface area contributed by atoms with Gasteiger partial charge in [0.05, 0.1) is 17.4 Å². The summed E-state index contributed by atoms with van der Waals surface area (Å²) in [5.74, 6) is -0.409. The van der Waals surface area contributed by atoms with Gasteiger partial charge in [-0.05, 0) is 38.8 Å². The van der Waals surface area contributed by atoms with Crippen LogP contribution in [0.3, 0.4) is 0 Å². The summed E-state index contributed by atoms with van der Waals surface area (Å²) in [7, 11) is 0. The van der Waals surface area contributed by atoms with Gasteiger partial charge in [-0.2, -0.15) is 0 Å². The average molecular weight is 356 g/mol. The van der Waals surface area contributed by atoms with Crippen LogP contribution in [-0.4, -0.2) is 32.5 Å². The fraction of sp³-hybridized carbons (Fsp3) is 0.421. The van der Waals surface area contributed by atoms with Crippen LogP contribution in [0.15, 0.2) is 38.8 Å². The lowest BCUT2D eigenvalue weighted by Gasteiger charge is -2.25. The quantitative estimate of drug-likeness (QED) is 0.725. The van der Waals surface area contributed by atoms with Crippen molar-refractivity contribution in [3.05, 3.63) is 56.2 Å². The van der Waals surface area contributed by atoms with Crippen LogP contribution < -0.4 is 17.0 Å². The molecule has 7 heteroatoms. The molecule has 4 N–H and O–H groups in total. The molecule has 0 amide bonds. The molecular formula is C19H24N4O3. The van der Waals surface area contributed by atoms with Gasteiger partial charge in [0.25, 0.3) is 5.56 Å². The number of rotatable bonds is 3. The summed E-state index contributed by atoms with van der Waals surface area (Å²) in [6.07, 6.45) is 3.87. The molecule has 7 nitrogen and oxygen atoms in total. The molecule has 0 spiro atoms. The Morgan fingerprint density at radius 3 is 2.54 bits per heavy atom. The van der Waals surface area contributed by atoms with Gasteiger partial charge in [-0.3, -0.25) is 14.8 Å². The molecule has 1 aromatic heterocycles. The van der Waals surface area contributed by atoms with E-state index in [-0.39, 0.29) is 17.6 Å². The molecule has 2 aromatic rings. The molecule has 0 bridgehead atoms. The van der Waals surface area contributed by atoms with E-state index in [9.17, 15) is 14.7 Å². The Labute approximate surface area is 151 Å². The molecule has 2 unspecified atom stereocenters. The van der Waals surface area contributed by atoms with Gasteiger partial charge in [0.2, 0.25) is 5.88 Å². The second kappa shape index (κ2) is 7.29. The highest BCUT2D eigenvalue weighted by Gasteiger charge is 2.23. The number of aromatic hydroxyl groups is 1. The van der Waals surface area contributed by atoms with Crippen molar-refractivity contribution in [1.82, 2.24) is 9.55 Å². The smallest absolute Gasteiger partial charge is 0.335 e. The summed E-state index contributed by atoms with van der Waals surface area (Å²) in [5.41, 5.74) is 6.66. The van der Waals surface area contributed by atoms with E-state index in [4.69, 9.17) is 5.73 Å². The van der Waals surface area contributed by atoms with Gasteiger partial charge in [-0.1, -0.05) is 30.5 Å². The predicted octanol–water partition coefficient (Wildman–Crippen LogP) is 1.62. The highest BCUT2D eigenvalue weighted by atomic mass is 16.3. The largest absolute Gasteiger partial charge is 0.493 e. The van der Waals surface area contributed by atoms with Crippen molar-refractivity contribution in [2.45, 2.75) is 51.6 Å². The number of benzene rings is 1. The summed E-state index contributed by atoms with van der Waals surface area (Å²) in [6.45, 7) is 3.59. The molecule has 138 valence electrons. The Morgan fingerprint density at radius 1 is 1.23 bits per heavy atom. The van der Waals surface area contributed by atoms with Crippen LogP contribution in [0.4, 0.5) is 0 Å². The van der Waals surface area contributed by atoms with E-state index < -0.39 is 17.1 Å². The molecule has 3 rings (SSSR count). The zero-order valence-corrected chi connectivity index (χ0v) is 15.0. The molecule has 1 aromatic carbocycles. The Kier molecular flexibility index (Phi) is 5.08. The Bertz CT molecular complexity index is 941. The van der Waals surface area contributed by atoms with Gasteiger partial charge in [-0.25, -0.2) is 9.36 Å². The molecule has 1 fully saturated rings. The summed E-state index contributed by atoms with van der Waals surface area (Å²) in [5, 5.41) is 10.7. The zero-order valence-electron chi connectivity index (χ0n) is 15.0. The number of nitrogens with one attached hydrogen (secondary N) is 1. The van der Waals surface area contributed by atoms with Crippen molar-refractivity contribution in [3.8, 4) is 11.6 Å². The van der Waals surface area contributed by atoms with Gasteiger partial charge in [-0.15, -0.1) is 0 Å². The van der Waals surface area contributed by atoms with Crippen LogP contribution in [0, 0.1) is 6.92 Å². The van der Waals surface area contributed by atoms with E-state index in [1.54, 1.807) is 19.1 Å². The van der Waals surface area contributed by atoms with Gasteiger partial charge < -0.3 is 10.8 Å². The summed E-state index contributed by atoms with van der Waals surface area (Å²) >= 11 is 0. The van der Waals surface area contributed by atoms with Crippen molar-refractivity contribution in [3.63, 3.8) is 0 Å². The molecule has 2 atom stereocenters. The Balaban J connectivity index is 2.10. The number of aromatic nitrogens is 2. The fourth-order valence-corrected chi connectivity index (χ4v) is 3.40. The first kappa shape index (κ1) is 18.1. The van der Waals surface area contributed by atoms with Crippen molar-refractivity contribution in [2.75, 3.05) is 0 Å². The zero-order chi connectivity index (χ0) is 18.8. The summed E-state index contributed by atoms with van der Waals surface area (Å²) in [6, 6.07) is 6.94. The van der Waals surface area contributed by atoms with Crippen LogP contribution in [0.5, 0.6) is 5.88 Å². The van der Waals surface area contributed by atoms with Gasteiger partial charge in [0.1, 0.15) is 5.56 Å². The molecule has 0 aliphatic heterocycles. The molecule has 0 saturated heterocycles. The molecule has 1 saturated carbocycles. The van der Waals surface area contributed by atoms with Crippen LogP contribution in [0.1, 0.15) is 43.7 Å². The standard InChI is InChI=1S/C19H24N4O3/c1-11-7-9-13(10-8-11)23-18(25)16(17(24)22-19(23)26)12(2)21-15-6-4-3-5-14(15)20/h7-10,14-15,25H,3-6,20H2,1-2H3,(H,22,24,26). The third-order valence-corrected chi connectivity index (χ3v) is 4.88. The maximum absolute atomic E-state index is 12.3. The van der Waals surface area contributed by atoms with Crippen LogP contribution in [0.2, 0.25) is 0 Å². The number of H-pyrrole nitrogens is 1. The van der Waals surface area contributed by atoms with Crippen molar-refractivity contribution in [1.29, 1.82) is 0 Å². The van der Waals surface area contributed by atoms with Gasteiger partial charge >= 0.3 is 5.69 Å². The van der Waals surface area contributed by atoms with E-state index in [0.29, 0.717) is 11.4 Å². The molecule has 1 aliphatic carbocycles. The first-order valence-electron chi connectivity index (χ1n) is 8.84. The lowest BCUT2D eigenvalue weighted by atomic mass is 9.91. The van der Waals surface area contributed by atoms with Crippen molar-refractivity contribution >= 4 is 5.71 Å². The van der Waals surface area contributed by atoms with E-state index in [2.05, 4.69) is 9.98 Å². The molecule has 1 heterocycles. The van der Waals surface area contributed by atoms with Gasteiger partial charge in [0.15, 0.2) is 0 Å². The lowest BCUT2D eigenvalue weighted by Crippen LogP contribution is -2.37. The summed E-state index contributed by atoms with van der Waals surface area (Å²) in [4.78, 5) is 31.4. The SMILES string of the molecule is CC(=NC1CCCCC1N)c1c(O)n(-c2ccc(C)cc2)c(=O)[nH]c1=O. The molecule has 26 heavy (non-hydrogen) atoms. The first-order chi connectivity index (χ1) is 12.4. The minimum Gasteiger partial charge on any atom is -0.493 e. The third kappa shape index (κ3) is 3.48. The van der Waals surface area contributed by atoms with Crippen LogP contribution in [-0.2, 0) is 0 Å². The number of aryl methyl sites for hydroxylation is 1. The second-order valence-corrected chi connectivity index (χ2v) is 6.86. The van der Waals surface area contributed by atoms with Gasteiger partial charge in [0, 0.05) is 6.04 Å². The van der Waals surface area contributed by atoms with Crippen LogP contribution in [0.25, 0.3) is 5.69 Å². The monoisotopic (exact) mass is 356 g/mol. The Morgan fingerprint density at radius 2 is 1.88 bits per heavy atom. The van der Waals surface area contributed by atoms with Crippen molar-refractivity contribution < 1.29 is 5.11 Å². The minimum absolute atomic E-state index is 0.00273. The predicted molar refractivity (Wildman–Crippen MR) is 102 cm³/mol. The van der Waals surface area contributed by atoms with E-state index in [0.717, 1.165) is 35.8 Å². The van der Waals surface area contributed by atoms with E-state index >= 15 is 0 Å². The fourth-order valence-electron chi connectivity index (χ4n) is 3.40. The molecular weight excluding hydrogens is 332 g/mol. The highest BCUT2D eigenvalue weighted by Crippen LogP contribution is 2.22. The van der Waals surface area contributed by atoms with Crippen LogP contribution >= 0.6 is 0 Å². The highest BCUT2D eigenvalue weighted by molar-refractivity contribution is 6.00. The number of aliphatic imine (C=N–C) groups is 1. The Hall–Kier alpha value is -2.67. The summed E-state index contributed by atoms with van der Waals surface area (Å²) < 4.78 is 1.08. The first-order valence-corrected chi connectivity index (χ1v) is 8.84. The maximum Gasteiger partial charge on any atom is 0.335 e. The minimum atomic E-state index is -0.692. The number of aromatic amines is 1. The third-order valence-electron chi connectivity index (χ3n) is 4.88. The molecule has 0 radical (unpaired) electrons. The number of hydrogen-bond acceptors (Lipinski definition) is 5. The van der Waals surface area contributed by atoms with E-state index in [1.807, 2.05) is 19.1 Å². The van der Waals surface area contributed by atoms with E-state index in [1.165, 1.54) is 0 Å². The number of nitrogens with two attached hydrogens (primary N) is 1.